The quantitative estimate of drug-likeness (QED) is 0.752. The average Bonchev–Trinajstić information content (AvgIpc) is 2.67. The standard InChI is InChI=1S/C18H26N2O5/c1-3-16(17(21)23-2)19-11-15-12-20(9-10-24-15)18(22)25-13-14-7-5-4-6-8-14/h4-8,15-16,19H,3,9-13H2,1-2H3. The minimum Gasteiger partial charge on any atom is -0.468 e. The molecular formula is C18H26N2O5. The normalized spacial score (nSPS) is 18.5. The van der Waals surface area contributed by atoms with Crippen LogP contribution in [0.1, 0.15) is 18.9 Å². The number of esters is 1. The lowest BCUT2D eigenvalue weighted by Gasteiger charge is -2.33. The molecule has 0 bridgehead atoms. The molecule has 1 fully saturated rings. The third-order valence-electron chi connectivity index (χ3n) is 4.09. The van der Waals surface area contributed by atoms with Crippen LogP contribution in [0, 0.1) is 0 Å². The van der Waals surface area contributed by atoms with Crippen LogP contribution in [0.25, 0.3) is 0 Å². The van der Waals surface area contributed by atoms with Crippen molar-refractivity contribution in [1.82, 2.24) is 10.2 Å². The van der Waals surface area contributed by atoms with Crippen molar-refractivity contribution in [2.75, 3.05) is 33.4 Å². The zero-order chi connectivity index (χ0) is 18.1. The van der Waals surface area contributed by atoms with Crippen molar-refractivity contribution in [3.8, 4) is 0 Å². The van der Waals surface area contributed by atoms with Gasteiger partial charge in [-0.05, 0) is 12.0 Å². The number of rotatable bonds is 7. The molecule has 1 aliphatic heterocycles. The van der Waals surface area contributed by atoms with E-state index in [-0.39, 0.29) is 30.8 Å². The summed E-state index contributed by atoms with van der Waals surface area (Å²) in [5, 5.41) is 3.13. The molecule has 0 radical (unpaired) electrons. The van der Waals surface area contributed by atoms with E-state index in [0.717, 1.165) is 5.56 Å². The molecule has 7 heteroatoms. The molecule has 0 spiro atoms. The lowest BCUT2D eigenvalue weighted by Crippen LogP contribution is -2.51. The Balaban J connectivity index is 1.77. The highest BCUT2D eigenvalue weighted by molar-refractivity contribution is 5.75. The summed E-state index contributed by atoms with van der Waals surface area (Å²) in [6, 6.07) is 9.20. The molecule has 1 aliphatic rings. The monoisotopic (exact) mass is 350 g/mol. The second-order valence-electron chi connectivity index (χ2n) is 5.87. The molecule has 7 nitrogen and oxygen atoms in total. The van der Waals surface area contributed by atoms with E-state index in [1.165, 1.54) is 7.11 Å². The van der Waals surface area contributed by atoms with Crippen LogP contribution < -0.4 is 5.32 Å². The lowest BCUT2D eigenvalue weighted by molar-refractivity contribution is -0.143. The number of methoxy groups -OCH3 is 1. The molecule has 1 aromatic rings. The second-order valence-corrected chi connectivity index (χ2v) is 5.87. The Hall–Kier alpha value is -2.12. The second kappa shape index (κ2) is 10.0. The van der Waals surface area contributed by atoms with Crippen molar-refractivity contribution in [2.45, 2.75) is 32.1 Å². The van der Waals surface area contributed by atoms with Crippen molar-refractivity contribution in [2.24, 2.45) is 0 Å². The molecule has 0 aromatic heterocycles. The number of nitrogens with one attached hydrogen (secondary N) is 1. The molecule has 1 saturated heterocycles. The van der Waals surface area contributed by atoms with E-state index in [4.69, 9.17) is 14.2 Å². The van der Waals surface area contributed by atoms with Crippen molar-refractivity contribution in [3.63, 3.8) is 0 Å². The van der Waals surface area contributed by atoms with E-state index in [1.807, 2.05) is 37.3 Å². The molecule has 1 heterocycles. The third kappa shape index (κ3) is 6.03. The minimum absolute atomic E-state index is 0.184. The first-order valence-electron chi connectivity index (χ1n) is 8.52. The Bertz CT molecular complexity index is 552. The SMILES string of the molecule is CCC(NCC1CN(C(=O)OCc2ccccc2)CCO1)C(=O)OC. The Morgan fingerprint density at radius 1 is 1.36 bits per heavy atom. The maximum atomic E-state index is 12.2. The molecule has 0 saturated carbocycles. The van der Waals surface area contributed by atoms with Gasteiger partial charge < -0.3 is 24.4 Å². The number of ether oxygens (including phenoxy) is 3. The predicted octanol–water partition coefficient (Wildman–Crippen LogP) is 1.57. The molecule has 2 atom stereocenters. The maximum absolute atomic E-state index is 12.2. The number of benzene rings is 1. The van der Waals surface area contributed by atoms with Gasteiger partial charge in [-0.25, -0.2) is 4.79 Å². The lowest BCUT2D eigenvalue weighted by atomic mass is 10.2. The largest absolute Gasteiger partial charge is 0.468 e. The van der Waals surface area contributed by atoms with Gasteiger partial charge >= 0.3 is 12.1 Å². The highest BCUT2D eigenvalue weighted by Crippen LogP contribution is 2.09. The fourth-order valence-electron chi connectivity index (χ4n) is 2.63. The molecule has 0 aliphatic carbocycles. The van der Waals surface area contributed by atoms with Gasteiger partial charge in [0.25, 0.3) is 0 Å². The summed E-state index contributed by atoms with van der Waals surface area (Å²) >= 11 is 0. The van der Waals surface area contributed by atoms with Crippen LogP contribution in [0.5, 0.6) is 0 Å². The number of morpholine rings is 1. The Kier molecular flexibility index (Phi) is 7.69. The summed E-state index contributed by atoms with van der Waals surface area (Å²) in [7, 11) is 1.37. The first-order chi connectivity index (χ1) is 12.1. The van der Waals surface area contributed by atoms with Crippen molar-refractivity contribution in [3.05, 3.63) is 35.9 Å². The predicted molar refractivity (Wildman–Crippen MR) is 92.0 cm³/mol. The summed E-state index contributed by atoms with van der Waals surface area (Å²) in [5.74, 6) is -0.294. The Morgan fingerprint density at radius 2 is 2.12 bits per heavy atom. The van der Waals surface area contributed by atoms with E-state index in [0.29, 0.717) is 32.7 Å². The number of carbonyl (C=O) groups is 2. The van der Waals surface area contributed by atoms with Crippen molar-refractivity contribution in [1.29, 1.82) is 0 Å². The molecule has 1 N–H and O–H groups in total. The molecule has 2 rings (SSSR count). The van der Waals surface area contributed by atoms with Gasteiger partial charge in [-0.3, -0.25) is 4.79 Å². The van der Waals surface area contributed by atoms with Gasteiger partial charge in [0.1, 0.15) is 12.6 Å². The molecular weight excluding hydrogens is 324 g/mol. The number of hydrogen-bond acceptors (Lipinski definition) is 6. The minimum atomic E-state index is -0.367. The number of carbonyl (C=O) groups excluding carboxylic acids is 2. The third-order valence-corrected chi connectivity index (χ3v) is 4.09. The maximum Gasteiger partial charge on any atom is 0.410 e. The summed E-state index contributed by atoms with van der Waals surface area (Å²) < 4.78 is 15.8. The van der Waals surface area contributed by atoms with Gasteiger partial charge in [-0.15, -0.1) is 0 Å². The van der Waals surface area contributed by atoms with Crippen molar-refractivity contribution >= 4 is 12.1 Å². The zero-order valence-electron chi connectivity index (χ0n) is 14.8. The van der Waals surface area contributed by atoms with Gasteiger partial charge in [0, 0.05) is 13.1 Å². The topological polar surface area (TPSA) is 77.1 Å². The van der Waals surface area contributed by atoms with Crippen LogP contribution in [0.15, 0.2) is 30.3 Å². The van der Waals surface area contributed by atoms with Gasteiger partial charge in [0.2, 0.25) is 0 Å². The zero-order valence-corrected chi connectivity index (χ0v) is 14.8. The van der Waals surface area contributed by atoms with E-state index in [1.54, 1.807) is 4.90 Å². The van der Waals surface area contributed by atoms with E-state index in [2.05, 4.69) is 5.32 Å². The fourth-order valence-corrected chi connectivity index (χ4v) is 2.63. The highest BCUT2D eigenvalue weighted by Gasteiger charge is 2.26. The van der Waals surface area contributed by atoms with Crippen LogP contribution in [0.2, 0.25) is 0 Å². The number of hydrogen-bond donors (Lipinski definition) is 1. The fraction of sp³-hybridized carbons (Fsp3) is 0.556. The van der Waals surface area contributed by atoms with Gasteiger partial charge in [0.05, 0.1) is 26.4 Å². The van der Waals surface area contributed by atoms with Crippen LogP contribution in [0.4, 0.5) is 4.79 Å². The molecule has 2 unspecified atom stereocenters. The van der Waals surface area contributed by atoms with Crippen LogP contribution in [-0.2, 0) is 25.6 Å². The van der Waals surface area contributed by atoms with Crippen LogP contribution >= 0.6 is 0 Å². The smallest absolute Gasteiger partial charge is 0.410 e. The first kappa shape index (κ1) is 19.2. The van der Waals surface area contributed by atoms with Gasteiger partial charge in [-0.2, -0.15) is 0 Å². The van der Waals surface area contributed by atoms with E-state index < -0.39 is 0 Å². The highest BCUT2D eigenvalue weighted by atomic mass is 16.6. The number of amides is 1. The number of nitrogens with zero attached hydrogens (tertiary/aromatic N) is 1. The van der Waals surface area contributed by atoms with Crippen LogP contribution in [-0.4, -0.2) is 62.5 Å². The van der Waals surface area contributed by atoms with E-state index in [9.17, 15) is 9.59 Å². The van der Waals surface area contributed by atoms with Crippen molar-refractivity contribution < 1.29 is 23.8 Å². The summed E-state index contributed by atoms with van der Waals surface area (Å²) in [6.45, 7) is 4.00. The average molecular weight is 350 g/mol. The first-order valence-corrected chi connectivity index (χ1v) is 8.52. The summed E-state index contributed by atoms with van der Waals surface area (Å²) in [5.41, 5.74) is 0.950. The van der Waals surface area contributed by atoms with Crippen LogP contribution in [0.3, 0.4) is 0 Å². The Labute approximate surface area is 148 Å². The van der Waals surface area contributed by atoms with E-state index >= 15 is 0 Å². The molecule has 1 aromatic carbocycles. The summed E-state index contributed by atoms with van der Waals surface area (Å²) in [4.78, 5) is 25.5. The summed E-state index contributed by atoms with van der Waals surface area (Å²) in [6.07, 6.45) is 0.0938. The van der Waals surface area contributed by atoms with Gasteiger partial charge in [0.15, 0.2) is 0 Å². The van der Waals surface area contributed by atoms with Gasteiger partial charge in [-0.1, -0.05) is 37.3 Å². The molecule has 138 valence electrons. The Morgan fingerprint density at radius 3 is 2.80 bits per heavy atom. The molecule has 25 heavy (non-hydrogen) atoms. The molecule has 1 amide bonds.